The lowest BCUT2D eigenvalue weighted by Crippen LogP contribution is -2.46. The molecule has 6 nitrogen and oxygen atoms in total. The van der Waals surface area contributed by atoms with E-state index in [2.05, 4.69) is 35.3 Å². The van der Waals surface area contributed by atoms with Gasteiger partial charge < -0.3 is 4.90 Å². The molecular weight excluding hydrogens is 406 g/mol. The number of fused-ring (bicyclic) bond motifs is 1. The average Bonchev–Trinajstić information content (AvgIpc) is 3.44. The summed E-state index contributed by atoms with van der Waals surface area (Å²) in [7, 11) is 0. The minimum absolute atomic E-state index is 0.0532. The molecule has 1 amide bonds. The zero-order chi connectivity index (χ0) is 21.4. The van der Waals surface area contributed by atoms with Crippen LogP contribution in [0, 0.1) is 12.8 Å². The van der Waals surface area contributed by atoms with Crippen LogP contribution in [0.5, 0.6) is 0 Å². The molecule has 0 radical (unpaired) electrons. The molecule has 2 aromatic heterocycles. The number of thiazole rings is 1. The lowest BCUT2D eigenvalue weighted by molar-refractivity contribution is 0.0559. The third-order valence-electron chi connectivity index (χ3n) is 6.06. The number of hydrogen-bond donors (Lipinski definition) is 0. The highest BCUT2D eigenvalue weighted by atomic mass is 32.1. The summed E-state index contributed by atoms with van der Waals surface area (Å²) in [6.45, 7) is 4.90. The zero-order valence-corrected chi connectivity index (χ0v) is 18.5. The molecule has 3 heterocycles. The van der Waals surface area contributed by atoms with Crippen LogP contribution in [-0.2, 0) is 6.42 Å². The quantitative estimate of drug-likeness (QED) is 0.471. The molecule has 1 fully saturated rings. The van der Waals surface area contributed by atoms with Crippen LogP contribution in [-0.4, -0.2) is 43.4 Å². The molecule has 2 aromatic carbocycles. The Morgan fingerprint density at radius 2 is 1.94 bits per heavy atom. The van der Waals surface area contributed by atoms with E-state index in [0.29, 0.717) is 11.5 Å². The van der Waals surface area contributed by atoms with Gasteiger partial charge >= 0.3 is 0 Å². The van der Waals surface area contributed by atoms with Crippen LogP contribution in [0.3, 0.4) is 0 Å². The van der Waals surface area contributed by atoms with Crippen molar-refractivity contribution in [3.63, 3.8) is 0 Å². The summed E-state index contributed by atoms with van der Waals surface area (Å²) in [6.07, 6.45) is 6.29. The van der Waals surface area contributed by atoms with Crippen LogP contribution in [0.2, 0.25) is 0 Å². The largest absolute Gasteiger partial charge is 0.336 e. The number of carbonyl (C=O) groups excluding carboxylic acids is 1. The van der Waals surface area contributed by atoms with Gasteiger partial charge in [-0.3, -0.25) is 4.79 Å². The van der Waals surface area contributed by atoms with Crippen molar-refractivity contribution in [2.24, 2.45) is 5.92 Å². The third kappa shape index (κ3) is 3.97. The highest BCUT2D eigenvalue weighted by molar-refractivity contribution is 7.18. The number of para-hydroxylation sites is 1. The fraction of sp³-hybridized carbons (Fsp3) is 0.333. The number of carbonyl (C=O) groups is 1. The molecular formula is C24H25N5OS. The molecule has 0 bridgehead atoms. The second-order valence-corrected chi connectivity index (χ2v) is 9.48. The number of amides is 1. The first-order chi connectivity index (χ1) is 15.1. The Labute approximate surface area is 185 Å². The van der Waals surface area contributed by atoms with Crippen molar-refractivity contribution in [3.8, 4) is 5.69 Å². The Hall–Kier alpha value is -3.06. The van der Waals surface area contributed by atoms with Gasteiger partial charge in [0.05, 0.1) is 38.9 Å². The maximum absolute atomic E-state index is 13.7. The number of aryl methyl sites for hydroxylation is 1. The van der Waals surface area contributed by atoms with Gasteiger partial charge in [-0.25, -0.2) is 4.98 Å². The van der Waals surface area contributed by atoms with Gasteiger partial charge in [-0.2, -0.15) is 15.0 Å². The molecule has 1 aliphatic rings. The van der Waals surface area contributed by atoms with Gasteiger partial charge in [0.1, 0.15) is 0 Å². The van der Waals surface area contributed by atoms with Crippen LogP contribution < -0.4 is 0 Å². The second-order valence-electron chi connectivity index (χ2n) is 8.37. The fourth-order valence-corrected chi connectivity index (χ4v) is 5.46. The number of nitrogens with zero attached hydrogens (tertiary/aromatic N) is 5. The van der Waals surface area contributed by atoms with Crippen LogP contribution in [0.15, 0.2) is 54.9 Å². The Bertz CT molecular complexity index is 1180. The van der Waals surface area contributed by atoms with Crippen molar-refractivity contribution in [2.45, 2.75) is 39.2 Å². The first-order valence-electron chi connectivity index (χ1n) is 10.7. The monoisotopic (exact) mass is 431 g/mol. The van der Waals surface area contributed by atoms with Crippen molar-refractivity contribution in [3.05, 3.63) is 71.0 Å². The van der Waals surface area contributed by atoms with E-state index in [4.69, 9.17) is 4.98 Å². The fourth-order valence-electron chi connectivity index (χ4n) is 4.38. The van der Waals surface area contributed by atoms with E-state index in [9.17, 15) is 4.79 Å². The van der Waals surface area contributed by atoms with Crippen molar-refractivity contribution < 1.29 is 4.79 Å². The van der Waals surface area contributed by atoms with Crippen molar-refractivity contribution in [1.82, 2.24) is 24.9 Å². The number of aromatic nitrogens is 4. The summed E-state index contributed by atoms with van der Waals surface area (Å²) in [5, 5.41) is 9.64. The maximum Gasteiger partial charge on any atom is 0.256 e. The topological polar surface area (TPSA) is 63.9 Å². The van der Waals surface area contributed by atoms with Crippen molar-refractivity contribution in [1.29, 1.82) is 0 Å². The molecule has 1 saturated heterocycles. The highest BCUT2D eigenvalue weighted by Crippen LogP contribution is 2.30. The number of likely N-dealkylation sites (tertiary alicyclic amines) is 1. The van der Waals surface area contributed by atoms with Gasteiger partial charge in [0.15, 0.2) is 0 Å². The van der Waals surface area contributed by atoms with Gasteiger partial charge in [-0.15, -0.1) is 11.3 Å². The molecule has 0 aliphatic carbocycles. The maximum atomic E-state index is 13.7. The summed E-state index contributed by atoms with van der Waals surface area (Å²) >= 11 is 1.77. The Morgan fingerprint density at radius 1 is 1.13 bits per heavy atom. The first-order valence-corrected chi connectivity index (χ1v) is 11.5. The molecule has 4 aromatic rings. The Kier molecular flexibility index (Phi) is 5.28. The summed E-state index contributed by atoms with van der Waals surface area (Å²) < 4.78 is 1.23. The SMILES string of the molecule is Cc1ccc(-n2nccn2)c(C(=O)N2C[C@H](Cc3nc4ccccc4s3)CC[C@@H]2C)c1. The summed E-state index contributed by atoms with van der Waals surface area (Å²) in [5.74, 6) is 0.467. The molecule has 1 aliphatic heterocycles. The predicted octanol–water partition coefficient (Wildman–Crippen LogP) is 4.67. The normalized spacial score (nSPS) is 19.1. The van der Waals surface area contributed by atoms with Crippen LogP contribution in [0.25, 0.3) is 15.9 Å². The average molecular weight is 432 g/mol. The van der Waals surface area contributed by atoms with E-state index >= 15 is 0 Å². The number of hydrogen-bond acceptors (Lipinski definition) is 5. The molecule has 31 heavy (non-hydrogen) atoms. The first kappa shape index (κ1) is 19.9. The van der Waals surface area contributed by atoms with Crippen molar-refractivity contribution >= 4 is 27.5 Å². The van der Waals surface area contributed by atoms with Gasteiger partial charge in [-0.1, -0.05) is 23.8 Å². The van der Waals surface area contributed by atoms with Gasteiger partial charge in [0.2, 0.25) is 0 Å². The number of rotatable bonds is 4. The van der Waals surface area contributed by atoms with E-state index in [-0.39, 0.29) is 11.9 Å². The molecule has 0 saturated carbocycles. The van der Waals surface area contributed by atoms with E-state index in [1.807, 2.05) is 36.1 Å². The van der Waals surface area contributed by atoms with E-state index < -0.39 is 0 Å². The molecule has 0 unspecified atom stereocenters. The number of piperidine rings is 1. The molecule has 7 heteroatoms. The molecule has 0 N–H and O–H groups in total. The third-order valence-corrected chi connectivity index (χ3v) is 7.12. The highest BCUT2D eigenvalue weighted by Gasteiger charge is 2.31. The van der Waals surface area contributed by atoms with E-state index in [1.54, 1.807) is 23.7 Å². The molecule has 5 rings (SSSR count). The lowest BCUT2D eigenvalue weighted by atomic mass is 9.90. The number of benzene rings is 2. The Morgan fingerprint density at radius 3 is 2.74 bits per heavy atom. The Balaban J connectivity index is 1.39. The predicted molar refractivity (Wildman–Crippen MR) is 123 cm³/mol. The van der Waals surface area contributed by atoms with Gasteiger partial charge in [-0.05, 0) is 56.9 Å². The zero-order valence-electron chi connectivity index (χ0n) is 17.7. The summed E-state index contributed by atoms with van der Waals surface area (Å²) in [6, 6.07) is 14.3. The van der Waals surface area contributed by atoms with Crippen molar-refractivity contribution in [2.75, 3.05) is 6.54 Å². The molecule has 2 atom stereocenters. The smallest absolute Gasteiger partial charge is 0.256 e. The minimum atomic E-state index is 0.0532. The van der Waals surface area contributed by atoms with Crippen LogP contribution in [0.1, 0.15) is 40.7 Å². The summed E-state index contributed by atoms with van der Waals surface area (Å²) in [4.78, 5) is 22.0. The molecule has 158 valence electrons. The minimum Gasteiger partial charge on any atom is -0.336 e. The standard InChI is InChI=1S/C24H25N5OS/c1-16-7-10-21(29-25-11-12-26-29)19(13-16)24(30)28-15-18(9-8-17(28)2)14-23-27-20-5-3-4-6-22(20)31-23/h3-7,10-13,17-18H,8-9,14-15H2,1-2H3/t17-,18-/m0/s1. The molecule has 0 spiro atoms. The van der Waals surface area contributed by atoms with Crippen LogP contribution >= 0.6 is 11.3 Å². The second kappa shape index (κ2) is 8.23. The van der Waals surface area contributed by atoms with Gasteiger partial charge in [0, 0.05) is 19.0 Å². The summed E-state index contributed by atoms with van der Waals surface area (Å²) in [5.41, 5.74) is 3.50. The van der Waals surface area contributed by atoms with E-state index in [0.717, 1.165) is 47.6 Å². The van der Waals surface area contributed by atoms with E-state index in [1.165, 1.54) is 9.50 Å². The van der Waals surface area contributed by atoms with Gasteiger partial charge in [0.25, 0.3) is 5.91 Å². The van der Waals surface area contributed by atoms with Crippen LogP contribution in [0.4, 0.5) is 0 Å². The lowest BCUT2D eigenvalue weighted by Gasteiger charge is -2.38.